The van der Waals surface area contributed by atoms with Crippen molar-refractivity contribution >= 4 is 28.5 Å². The molecule has 0 aliphatic carbocycles. The van der Waals surface area contributed by atoms with E-state index in [1.807, 2.05) is 74.5 Å². The number of hydrogen-bond donors (Lipinski definition) is 2. The molecule has 0 saturated carbocycles. The second-order valence-electron chi connectivity index (χ2n) is 7.62. The summed E-state index contributed by atoms with van der Waals surface area (Å²) in [4.78, 5) is 29.1. The van der Waals surface area contributed by atoms with Crippen LogP contribution in [-0.2, 0) is 20.7 Å². The van der Waals surface area contributed by atoms with Gasteiger partial charge in [0.2, 0.25) is 6.10 Å². The number of aryl methyl sites for hydroxylation is 2. The zero-order valence-corrected chi connectivity index (χ0v) is 17.5. The number of rotatable bonds is 6. The number of esters is 1. The van der Waals surface area contributed by atoms with Gasteiger partial charge in [0.15, 0.2) is 0 Å². The van der Waals surface area contributed by atoms with Crippen molar-refractivity contribution in [1.82, 2.24) is 4.98 Å². The van der Waals surface area contributed by atoms with E-state index < -0.39 is 12.1 Å². The van der Waals surface area contributed by atoms with E-state index in [0.29, 0.717) is 11.3 Å². The maximum absolute atomic E-state index is 13.1. The Kier molecular flexibility index (Phi) is 5.85. The van der Waals surface area contributed by atoms with Gasteiger partial charge in [0.1, 0.15) is 0 Å². The van der Waals surface area contributed by atoms with Crippen LogP contribution in [0, 0.1) is 13.8 Å². The maximum atomic E-state index is 13.1. The fourth-order valence-corrected chi connectivity index (χ4v) is 3.58. The molecule has 0 aliphatic heterocycles. The van der Waals surface area contributed by atoms with E-state index in [0.717, 1.165) is 27.6 Å². The van der Waals surface area contributed by atoms with E-state index in [2.05, 4.69) is 10.3 Å². The van der Waals surface area contributed by atoms with Gasteiger partial charge in [0.05, 0.1) is 6.42 Å². The van der Waals surface area contributed by atoms with E-state index in [1.54, 1.807) is 18.3 Å². The monoisotopic (exact) mass is 412 g/mol. The molecule has 0 bridgehead atoms. The summed E-state index contributed by atoms with van der Waals surface area (Å²) in [6.45, 7) is 3.89. The number of carbonyl (C=O) groups is 2. The number of nitrogens with one attached hydrogen (secondary N) is 2. The minimum absolute atomic E-state index is 0.0735. The lowest BCUT2D eigenvalue weighted by Crippen LogP contribution is -2.26. The van der Waals surface area contributed by atoms with Crippen LogP contribution in [0.4, 0.5) is 5.69 Å². The zero-order valence-electron chi connectivity index (χ0n) is 17.5. The van der Waals surface area contributed by atoms with Crippen LogP contribution < -0.4 is 5.32 Å². The minimum Gasteiger partial charge on any atom is -0.447 e. The molecule has 1 aromatic heterocycles. The van der Waals surface area contributed by atoms with Gasteiger partial charge in [-0.15, -0.1) is 0 Å². The van der Waals surface area contributed by atoms with E-state index in [-0.39, 0.29) is 12.3 Å². The number of anilines is 1. The summed E-state index contributed by atoms with van der Waals surface area (Å²) in [5.74, 6) is -0.845. The van der Waals surface area contributed by atoms with Gasteiger partial charge >= 0.3 is 5.97 Å². The van der Waals surface area contributed by atoms with Crippen molar-refractivity contribution in [3.63, 3.8) is 0 Å². The maximum Gasteiger partial charge on any atom is 0.311 e. The second kappa shape index (κ2) is 8.88. The lowest BCUT2D eigenvalue weighted by Gasteiger charge is -2.19. The quantitative estimate of drug-likeness (QED) is 0.425. The first kappa shape index (κ1) is 20.4. The van der Waals surface area contributed by atoms with E-state index in [1.165, 1.54) is 0 Å². The highest BCUT2D eigenvalue weighted by molar-refractivity contribution is 5.97. The van der Waals surface area contributed by atoms with Gasteiger partial charge in [-0.05, 0) is 42.7 Å². The summed E-state index contributed by atoms with van der Waals surface area (Å²) >= 11 is 0. The number of hydrogen-bond acceptors (Lipinski definition) is 3. The number of benzene rings is 3. The Morgan fingerprint density at radius 1 is 0.968 bits per heavy atom. The average Bonchev–Trinajstić information content (AvgIpc) is 3.18. The van der Waals surface area contributed by atoms with Gasteiger partial charge in [0.25, 0.3) is 5.91 Å². The van der Waals surface area contributed by atoms with Crippen molar-refractivity contribution in [2.45, 2.75) is 26.4 Å². The molecule has 156 valence electrons. The first-order valence-corrected chi connectivity index (χ1v) is 10.2. The molecular formula is C26H24N2O3. The summed E-state index contributed by atoms with van der Waals surface area (Å²) in [5, 5.41) is 3.89. The van der Waals surface area contributed by atoms with Crippen molar-refractivity contribution in [3.05, 3.63) is 101 Å². The largest absolute Gasteiger partial charge is 0.447 e. The Morgan fingerprint density at radius 2 is 1.71 bits per heavy atom. The summed E-state index contributed by atoms with van der Waals surface area (Å²) in [6, 6.07) is 22.7. The Labute approximate surface area is 181 Å². The minimum atomic E-state index is -1.04. The van der Waals surface area contributed by atoms with Gasteiger partial charge in [-0.1, -0.05) is 60.7 Å². The zero-order chi connectivity index (χ0) is 21.8. The van der Waals surface area contributed by atoms with Crippen LogP contribution in [0.2, 0.25) is 0 Å². The molecule has 0 fully saturated rings. The number of H-pyrrole nitrogens is 1. The molecule has 2 N–H and O–H groups in total. The van der Waals surface area contributed by atoms with Crippen LogP contribution in [0.5, 0.6) is 0 Å². The van der Waals surface area contributed by atoms with Crippen LogP contribution in [0.3, 0.4) is 0 Å². The molecule has 4 rings (SSSR count). The molecule has 4 aromatic rings. The van der Waals surface area contributed by atoms with Gasteiger partial charge in [0, 0.05) is 28.4 Å². The van der Waals surface area contributed by atoms with E-state index >= 15 is 0 Å². The number of aromatic amines is 1. The lowest BCUT2D eigenvalue weighted by atomic mass is 10.1. The number of para-hydroxylation sites is 1. The van der Waals surface area contributed by atoms with Crippen LogP contribution in [-0.4, -0.2) is 16.9 Å². The van der Waals surface area contributed by atoms with Gasteiger partial charge < -0.3 is 15.0 Å². The fourth-order valence-electron chi connectivity index (χ4n) is 3.58. The number of ether oxygens (including phenoxy) is 1. The highest BCUT2D eigenvalue weighted by atomic mass is 16.5. The molecule has 5 heteroatoms. The molecular weight excluding hydrogens is 388 g/mol. The van der Waals surface area contributed by atoms with E-state index in [9.17, 15) is 9.59 Å². The molecule has 3 aromatic carbocycles. The number of carbonyl (C=O) groups excluding carboxylic acids is 2. The third-order valence-electron chi connectivity index (χ3n) is 5.25. The van der Waals surface area contributed by atoms with Crippen molar-refractivity contribution in [1.29, 1.82) is 0 Å². The van der Waals surface area contributed by atoms with Crippen molar-refractivity contribution < 1.29 is 14.3 Å². The Hall–Kier alpha value is -3.86. The van der Waals surface area contributed by atoms with Gasteiger partial charge in [-0.3, -0.25) is 9.59 Å². The summed E-state index contributed by atoms with van der Waals surface area (Å²) in [5.41, 5.74) is 5.10. The molecule has 1 atom stereocenters. The van der Waals surface area contributed by atoms with Crippen LogP contribution in [0.1, 0.15) is 28.4 Å². The SMILES string of the molecule is Cc1ccc(C)c(NC(=O)[C@@H](OC(=O)Cc2c[nH]c3ccccc23)c2ccccc2)c1. The predicted molar refractivity (Wildman–Crippen MR) is 122 cm³/mol. The molecule has 0 spiro atoms. The first-order valence-electron chi connectivity index (χ1n) is 10.2. The highest BCUT2D eigenvalue weighted by Gasteiger charge is 2.26. The van der Waals surface area contributed by atoms with Crippen molar-refractivity contribution in [2.75, 3.05) is 5.32 Å². The molecule has 1 amide bonds. The highest BCUT2D eigenvalue weighted by Crippen LogP contribution is 2.24. The molecule has 0 unspecified atom stereocenters. The lowest BCUT2D eigenvalue weighted by molar-refractivity contribution is -0.154. The Balaban J connectivity index is 1.56. The Bertz CT molecular complexity index is 1230. The third-order valence-corrected chi connectivity index (χ3v) is 5.25. The van der Waals surface area contributed by atoms with Crippen LogP contribution in [0.25, 0.3) is 10.9 Å². The molecule has 31 heavy (non-hydrogen) atoms. The first-order chi connectivity index (χ1) is 15.0. The summed E-state index contributed by atoms with van der Waals surface area (Å²) in [6.07, 6.45) is 0.836. The molecule has 0 aliphatic rings. The fraction of sp³-hybridized carbons (Fsp3) is 0.154. The third kappa shape index (κ3) is 4.67. The van der Waals surface area contributed by atoms with E-state index in [4.69, 9.17) is 4.74 Å². The van der Waals surface area contributed by atoms with Gasteiger partial charge in [-0.2, -0.15) is 0 Å². The topological polar surface area (TPSA) is 71.2 Å². The van der Waals surface area contributed by atoms with Crippen molar-refractivity contribution in [3.8, 4) is 0 Å². The summed E-state index contributed by atoms with van der Waals surface area (Å²) < 4.78 is 5.70. The summed E-state index contributed by atoms with van der Waals surface area (Å²) in [7, 11) is 0. The van der Waals surface area contributed by atoms with Crippen LogP contribution >= 0.6 is 0 Å². The standard InChI is InChI=1S/C26H24N2O3/c1-17-12-13-18(2)23(14-17)28-26(30)25(19-8-4-3-5-9-19)31-24(29)15-20-16-27-22-11-7-6-10-21(20)22/h3-14,16,25,27H,15H2,1-2H3,(H,28,30)/t25-/m0/s1. The predicted octanol–water partition coefficient (Wildman–Crippen LogP) is 5.25. The number of aromatic nitrogens is 1. The van der Waals surface area contributed by atoms with Crippen LogP contribution in [0.15, 0.2) is 79.0 Å². The van der Waals surface area contributed by atoms with Gasteiger partial charge in [-0.25, -0.2) is 0 Å². The molecule has 0 saturated heterocycles. The molecule has 5 nitrogen and oxygen atoms in total. The second-order valence-corrected chi connectivity index (χ2v) is 7.62. The van der Waals surface area contributed by atoms with Crippen molar-refractivity contribution in [2.24, 2.45) is 0 Å². The normalized spacial score (nSPS) is 11.8. The average molecular weight is 412 g/mol. The molecule has 1 heterocycles. The number of amides is 1. The Morgan fingerprint density at radius 3 is 2.52 bits per heavy atom. The smallest absolute Gasteiger partial charge is 0.311 e. The number of fused-ring (bicyclic) bond motifs is 1. The molecule has 0 radical (unpaired) electrons.